The van der Waals surface area contributed by atoms with Gasteiger partial charge in [-0.15, -0.1) is 0 Å². The summed E-state index contributed by atoms with van der Waals surface area (Å²) in [5, 5.41) is 0. The predicted molar refractivity (Wildman–Crippen MR) is 86.7 cm³/mol. The van der Waals surface area contributed by atoms with Gasteiger partial charge in [-0.2, -0.15) is 0 Å². The summed E-state index contributed by atoms with van der Waals surface area (Å²) in [6.07, 6.45) is 3.06. The summed E-state index contributed by atoms with van der Waals surface area (Å²) >= 11 is 0. The summed E-state index contributed by atoms with van der Waals surface area (Å²) in [4.78, 5) is 12.5. The highest BCUT2D eigenvalue weighted by molar-refractivity contribution is 5.83. The van der Waals surface area contributed by atoms with Crippen LogP contribution in [0.25, 0.3) is 0 Å². The quantitative estimate of drug-likeness (QED) is 0.798. The van der Waals surface area contributed by atoms with Crippen molar-refractivity contribution in [2.75, 3.05) is 0 Å². The summed E-state index contributed by atoms with van der Waals surface area (Å²) in [6, 6.07) is 8.25. The molecule has 0 aromatic heterocycles. The van der Waals surface area contributed by atoms with Crippen LogP contribution in [0.1, 0.15) is 59.4 Å². The van der Waals surface area contributed by atoms with Crippen LogP contribution in [0.15, 0.2) is 24.3 Å². The van der Waals surface area contributed by atoms with Crippen molar-refractivity contribution >= 4 is 5.78 Å². The van der Waals surface area contributed by atoms with Gasteiger partial charge in [-0.1, -0.05) is 32.9 Å². The van der Waals surface area contributed by atoms with Gasteiger partial charge >= 0.3 is 0 Å². The first-order valence-electron chi connectivity index (χ1n) is 8.10. The first-order valence-corrected chi connectivity index (χ1v) is 8.10. The molecule has 0 radical (unpaired) electrons. The average Bonchev–Trinajstić information content (AvgIpc) is 2.37. The minimum Gasteiger partial charge on any atom is -0.491 e. The van der Waals surface area contributed by atoms with Crippen molar-refractivity contribution in [1.82, 2.24) is 0 Å². The molecule has 0 spiro atoms. The number of hydrogen-bond donors (Lipinski definition) is 0. The van der Waals surface area contributed by atoms with E-state index in [1.54, 1.807) is 0 Å². The van der Waals surface area contributed by atoms with E-state index in [1.807, 2.05) is 26.0 Å². The minimum atomic E-state index is -0.131. The molecule has 2 nitrogen and oxygen atoms in total. The summed E-state index contributed by atoms with van der Waals surface area (Å²) < 4.78 is 5.80. The summed E-state index contributed by atoms with van der Waals surface area (Å²) in [5.74, 6) is 1.99. The zero-order chi connectivity index (χ0) is 15.6. The molecule has 0 amide bonds. The second-order valence-corrected chi connectivity index (χ2v) is 7.32. The lowest BCUT2D eigenvalue weighted by molar-refractivity contribution is -0.128. The zero-order valence-corrected chi connectivity index (χ0v) is 14.0. The van der Waals surface area contributed by atoms with Gasteiger partial charge in [-0.3, -0.25) is 4.79 Å². The predicted octanol–water partition coefficient (Wildman–Crippen LogP) is 4.76. The van der Waals surface area contributed by atoms with Gasteiger partial charge in [-0.25, -0.2) is 0 Å². The monoisotopic (exact) mass is 288 g/mol. The van der Waals surface area contributed by atoms with Crippen LogP contribution in [0.3, 0.4) is 0 Å². The zero-order valence-electron chi connectivity index (χ0n) is 14.0. The van der Waals surface area contributed by atoms with Crippen molar-refractivity contribution in [3.05, 3.63) is 29.8 Å². The average molecular weight is 288 g/mol. The van der Waals surface area contributed by atoms with Gasteiger partial charge in [0, 0.05) is 12.3 Å². The van der Waals surface area contributed by atoms with E-state index in [-0.39, 0.29) is 17.4 Å². The maximum Gasteiger partial charge on any atom is 0.137 e. The second-order valence-electron chi connectivity index (χ2n) is 7.32. The van der Waals surface area contributed by atoms with Crippen molar-refractivity contribution in [3.63, 3.8) is 0 Å². The van der Waals surface area contributed by atoms with Crippen molar-refractivity contribution in [2.45, 2.75) is 65.4 Å². The van der Waals surface area contributed by atoms with Crippen molar-refractivity contribution < 1.29 is 9.53 Å². The maximum atomic E-state index is 12.5. The Morgan fingerprint density at radius 1 is 1.24 bits per heavy atom. The molecular weight excluding hydrogens is 260 g/mol. The highest BCUT2D eigenvalue weighted by Gasteiger charge is 2.39. The number of benzene rings is 1. The third-order valence-electron chi connectivity index (χ3n) is 4.71. The molecule has 2 heteroatoms. The Hall–Kier alpha value is -1.31. The van der Waals surface area contributed by atoms with Crippen molar-refractivity contribution in [1.29, 1.82) is 0 Å². The van der Waals surface area contributed by atoms with E-state index >= 15 is 0 Å². The van der Waals surface area contributed by atoms with Gasteiger partial charge in [0.05, 0.1) is 6.10 Å². The van der Waals surface area contributed by atoms with Crippen LogP contribution >= 0.6 is 0 Å². The first-order chi connectivity index (χ1) is 9.80. The standard InChI is InChI=1S/C19H28O2/c1-13(2)21-16-8-6-7-15(12-16)19(4,5)17-10-9-14(3)11-18(17)20/h6-8,12-14,17H,9-11H2,1-5H3. The van der Waals surface area contributed by atoms with Crippen LogP contribution in [-0.2, 0) is 10.2 Å². The fraction of sp³-hybridized carbons (Fsp3) is 0.632. The van der Waals surface area contributed by atoms with Crippen LogP contribution in [0.4, 0.5) is 0 Å². The van der Waals surface area contributed by atoms with Crippen LogP contribution in [0, 0.1) is 11.8 Å². The van der Waals surface area contributed by atoms with Gasteiger partial charge in [0.1, 0.15) is 11.5 Å². The van der Waals surface area contributed by atoms with E-state index in [4.69, 9.17) is 4.74 Å². The molecule has 0 N–H and O–H groups in total. The molecule has 0 saturated heterocycles. The number of ketones is 1. The molecule has 1 aromatic carbocycles. The topological polar surface area (TPSA) is 26.3 Å². The van der Waals surface area contributed by atoms with Crippen LogP contribution < -0.4 is 4.74 Å². The first kappa shape index (κ1) is 16.1. The molecule has 1 aromatic rings. The number of Topliss-reactive ketones (excluding diaryl/α,β-unsaturated/α-hetero) is 1. The summed E-state index contributed by atoms with van der Waals surface area (Å²) in [5.41, 5.74) is 1.07. The molecular formula is C19H28O2. The molecule has 116 valence electrons. The van der Waals surface area contributed by atoms with Gasteiger partial charge < -0.3 is 4.74 Å². The van der Waals surface area contributed by atoms with E-state index in [9.17, 15) is 4.79 Å². The normalized spacial score (nSPS) is 23.4. The third-order valence-corrected chi connectivity index (χ3v) is 4.71. The summed E-state index contributed by atoms with van der Waals surface area (Å²) in [7, 11) is 0. The molecule has 0 heterocycles. The molecule has 1 aliphatic rings. The van der Waals surface area contributed by atoms with Crippen LogP contribution in [0.5, 0.6) is 5.75 Å². The Kier molecular flexibility index (Phi) is 4.75. The maximum absolute atomic E-state index is 12.5. The molecule has 1 fully saturated rings. The van der Waals surface area contributed by atoms with E-state index in [1.165, 1.54) is 5.56 Å². The fourth-order valence-electron chi connectivity index (χ4n) is 3.41. The van der Waals surface area contributed by atoms with E-state index in [2.05, 4.69) is 32.9 Å². The third kappa shape index (κ3) is 3.66. The molecule has 1 aliphatic carbocycles. The fourth-order valence-corrected chi connectivity index (χ4v) is 3.41. The Morgan fingerprint density at radius 3 is 2.57 bits per heavy atom. The van der Waals surface area contributed by atoms with Crippen LogP contribution in [0.2, 0.25) is 0 Å². The van der Waals surface area contributed by atoms with Gasteiger partial charge in [0.15, 0.2) is 0 Å². The van der Waals surface area contributed by atoms with E-state index < -0.39 is 0 Å². The molecule has 2 rings (SSSR count). The number of carbonyl (C=O) groups excluding carboxylic acids is 1. The SMILES string of the molecule is CC1CCC(C(C)(C)c2cccc(OC(C)C)c2)C(=O)C1. The smallest absolute Gasteiger partial charge is 0.137 e. The van der Waals surface area contributed by atoms with Crippen molar-refractivity contribution in [3.8, 4) is 5.75 Å². The van der Waals surface area contributed by atoms with Gasteiger partial charge in [0.25, 0.3) is 0 Å². The lowest BCUT2D eigenvalue weighted by Crippen LogP contribution is -2.38. The van der Waals surface area contributed by atoms with Gasteiger partial charge in [-0.05, 0) is 55.7 Å². The number of ether oxygens (including phenoxy) is 1. The second kappa shape index (κ2) is 6.21. The highest BCUT2D eigenvalue weighted by atomic mass is 16.5. The van der Waals surface area contributed by atoms with Gasteiger partial charge in [0.2, 0.25) is 0 Å². The molecule has 1 saturated carbocycles. The van der Waals surface area contributed by atoms with E-state index in [0.29, 0.717) is 11.7 Å². The minimum absolute atomic E-state index is 0.128. The molecule has 2 atom stereocenters. The molecule has 21 heavy (non-hydrogen) atoms. The molecule has 2 unspecified atom stereocenters. The molecule has 0 aliphatic heterocycles. The highest BCUT2D eigenvalue weighted by Crippen LogP contribution is 2.41. The number of rotatable bonds is 4. The number of carbonyl (C=O) groups is 1. The Balaban J connectivity index is 2.24. The lowest BCUT2D eigenvalue weighted by Gasteiger charge is -2.38. The van der Waals surface area contributed by atoms with E-state index in [0.717, 1.165) is 25.0 Å². The molecule has 0 bridgehead atoms. The Bertz CT molecular complexity index is 502. The summed E-state index contributed by atoms with van der Waals surface area (Å²) in [6.45, 7) is 10.6. The van der Waals surface area contributed by atoms with Crippen LogP contribution in [-0.4, -0.2) is 11.9 Å². The van der Waals surface area contributed by atoms with Crippen molar-refractivity contribution in [2.24, 2.45) is 11.8 Å². The number of hydrogen-bond acceptors (Lipinski definition) is 2. The largest absolute Gasteiger partial charge is 0.491 e. The Morgan fingerprint density at radius 2 is 1.95 bits per heavy atom. The lowest BCUT2D eigenvalue weighted by atomic mass is 9.65. The Labute approximate surface area is 128 Å².